The van der Waals surface area contributed by atoms with Crippen molar-refractivity contribution >= 4 is 17.7 Å². The molecule has 1 aromatic heterocycles. The fourth-order valence-electron chi connectivity index (χ4n) is 1.14. The van der Waals surface area contributed by atoms with Gasteiger partial charge in [0.25, 0.3) is 0 Å². The second kappa shape index (κ2) is 6.36. The van der Waals surface area contributed by atoms with E-state index >= 15 is 0 Å². The molecule has 0 amide bonds. The number of hydrogen-bond acceptors (Lipinski definition) is 7. The van der Waals surface area contributed by atoms with Gasteiger partial charge in [-0.1, -0.05) is 11.8 Å². The molecule has 1 rings (SSSR count). The highest BCUT2D eigenvalue weighted by atomic mass is 32.2. The number of aromatic nitrogens is 3. The molecule has 3 N–H and O–H groups in total. The van der Waals surface area contributed by atoms with E-state index in [1.54, 1.807) is 7.05 Å². The Morgan fingerprint density at radius 3 is 2.89 bits per heavy atom. The Hall–Kier alpha value is -1.61. The lowest BCUT2D eigenvalue weighted by atomic mass is 10.2. The first-order valence-electron chi connectivity index (χ1n) is 5.09. The number of rotatable bonds is 5. The maximum atomic E-state index is 11.1. The van der Waals surface area contributed by atoms with Gasteiger partial charge in [0.2, 0.25) is 0 Å². The van der Waals surface area contributed by atoms with Crippen LogP contribution in [0.25, 0.3) is 0 Å². The number of hydrogen-bond donors (Lipinski definition) is 2. The molecular formula is C9H14N4O4S. The maximum Gasteiger partial charge on any atom is 0.339 e. The fraction of sp³-hybridized carbons (Fsp3) is 0.556. The van der Waals surface area contributed by atoms with Crippen LogP contribution in [0.3, 0.4) is 0 Å². The van der Waals surface area contributed by atoms with Crippen molar-refractivity contribution in [3.63, 3.8) is 0 Å². The van der Waals surface area contributed by atoms with Crippen molar-refractivity contribution in [2.75, 3.05) is 12.9 Å². The quantitative estimate of drug-likeness (QED) is 0.379. The molecule has 0 saturated carbocycles. The van der Waals surface area contributed by atoms with Gasteiger partial charge in [-0.2, -0.15) is 4.98 Å². The molecule has 100 valence electrons. The van der Waals surface area contributed by atoms with Gasteiger partial charge in [-0.15, -0.1) is 0 Å². The lowest BCUT2D eigenvalue weighted by molar-refractivity contribution is -0.142. The Balaban J connectivity index is 2.60. The second-order valence-corrected chi connectivity index (χ2v) is 4.53. The van der Waals surface area contributed by atoms with Crippen molar-refractivity contribution in [2.24, 2.45) is 12.8 Å². The zero-order chi connectivity index (χ0) is 13.7. The molecule has 1 heterocycles. The highest BCUT2D eigenvalue weighted by molar-refractivity contribution is 7.99. The Labute approximate surface area is 107 Å². The molecule has 0 aromatic carbocycles. The summed E-state index contributed by atoms with van der Waals surface area (Å²) in [6.07, 6.45) is 0.381. The minimum absolute atomic E-state index is 0.358. The van der Waals surface area contributed by atoms with E-state index in [-0.39, 0.29) is 0 Å². The van der Waals surface area contributed by atoms with E-state index in [2.05, 4.69) is 14.8 Å². The molecule has 0 fully saturated rings. The molecule has 0 aliphatic heterocycles. The van der Waals surface area contributed by atoms with Crippen LogP contribution in [-0.4, -0.2) is 39.6 Å². The summed E-state index contributed by atoms with van der Waals surface area (Å²) >= 11 is 1.22. The second-order valence-electron chi connectivity index (χ2n) is 3.47. The lowest BCUT2D eigenvalue weighted by Crippen LogP contribution is -2.34. The normalized spacial score (nSPS) is 12.2. The molecule has 1 aromatic rings. The van der Waals surface area contributed by atoms with Gasteiger partial charge in [-0.3, -0.25) is 24.2 Å². The molecule has 9 heteroatoms. The topological polar surface area (TPSA) is 120 Å². The highest BCUT2D eigenvalue weighted by Gasteiger charge is 2.14. The predicted molar refractivity (Wildman–Crippen MR) is 65.4 cm³/mol. The highest BCUT2D eigenvalue weighted by Crippen LogP contribution is 2.13. The third-order valence-corrected chi connectivity index (χ3v) is 3.17. The van der Waals surface area contributed by atoms with E-state index in [9.17, 15) is 14.4 Å². The number of aromatic amines is 1. The Bertz CT molecular complexity index is 538. The predicted octanol–water partition coefficient (Wildman–Crippen LogP) is -1.55. The van der Waals surface area contributed by atoms with Gasteiger partial charge in [-0.05, 0) is 6.42 Å². The Kier molecular flexibility index (Phi) is 5.10. The SMILES string of the molecule is COC(=O)C(N)CCSc1nc(=O)c(=O)[nH]n1C. The number of carbonyl (C=O) groups is 1. The number of nitrogens with one attached hydrogen (secondary N) is 1. The maximum absolute atomic E-state index is 11.1. The summed E-state index contributed by atoms with van der Waals surface area (Å²) in [7, 11) is 2.83. The molecule has 0 bridgehead atoms. The molecule has 8 nitrogen and oxygen atoms in total. The fourth-order valence-corrected chi connectivity index (χ4v) is 2.08. The van der Waals surface area contributed by atoms with Crippen molar-refractivity contribution in [1.82, 2.24) is 14.8 Å². The summed E-state index contributed by atoms with van der Waals surface area (Å²) in [5.74, 6) is -0.0123. The number of thioether (sulfide) groups is 1. The van der Waals surface area contributed by atoms with Gasteiger partial charge in [0.05, 0.1) is 7.11 Å². The van der Waals surface area contributed by atoms with Crippen LogP contribution < -0.4 is 16.9 Å². The van der Waals surface area contributed by atoms with Gasteiger partial charge in [0.1, 0.15) is 6.04 Å². The molecule has 0 saturated heterocycles. The molecule has 0 spiro atoms. The summed E-state index contributed by atoms with van der Waals surface area (Å²) in [6.45, 7) is 0. The van der Waals surface area contributed by atoms with Crippen LogP contribution in [0, 0.1) is 0 Å². The molecular weight excluding hydrogens is 260 g/mol. The van der Waals surface area contributed by atoms with E-state index in [0.29, 0.717) is 17.3 Å². The number of aryl methyl sites for hydroxylation is 1. The smallest absolute Gasteiger partial charge is 0.339 e. The van der Waals surface area contributed by atoms with E-state index in [4.69, 9.17) is 5.73 Å². The number of ether oxygens (including phenoxy) is 1. The van der Waals surface area contributed by atoms with E-state index in [1.165, 1.54) is 23.6 Å². The summed E-state index contributed by atoms with van der Waals surface area (Å²) in [5.41, 5.74) is 3.94. The monoisotopic (exact) mass is 274 g/mol. The first-order valence-corrected chi connectivity index (χ1v) is 6.08. The summed E-state index contributed by atoms with van der Waals surface area (Å²) in [6, 6.07) is -0.706. The van der Waals surface area contributed by atoms with Crippen LogP contribution in [0.1, 0.15) is 6.42 Å². The number of nitrogens with zero attached hydrogens (tertiary/aromatic N) is 2. The minimum Gasteiger partial charge on any atom is -0.468 e. The van der Waals surface area contributed by atoms with Crippen LogP contribution in [0.15, 0.2) is 14.7 Å². The molecule has 1 unspecified atom stereocenters. The number of esters is 1. The van der Waals surface area contributed by atoms with Gasteiger partial charge < -0.3 is 10.5 Å². The Morgan fingerprint density at radius 2 is 2.28 bits per heavy atom. The first kappa shape index (κ1) is 14.5. The Morgan fingerprint density at radius 1 is 1.61 bits per heavy atom. The van der Waals surface area contributed by atoms with Crippen molar-refractivity contribution in [1.29, 1.82) is 0 Å². The third-order valence-electron chi connectivity index (χ3n) is 2.11. The van der Waals surface area contributed by atoms with E-state index < -0.39 is 23.1 Å². The van der Waals surface area contributed by atoms with Gasteiger partial charge in [0.15, 0.2) is 5.16 Å². The average molecular weight is 274 g/mol. The molecule has 18 heavy (non-hydrogen) atoms. The zero-order valence-corrected chi connectivity index (χ0v) is 10.8. The number of H-pyrrole nitrogens is 1. The molecule has 0 aliphatic rings. The van der Waals surface area contributed by atoms with Crippen LogP contribution in [0.4, 0.5) is 0 Å². The van der Waals surface area contributed by atoms with Crippen molar-refractivity contribution < 1.29 is 9.53 Å². The molecule has 1 atom stereocenters. The molecule has 0 aliphatic carbocycles. The largest absolute Gasteiger partial charge is 0.468 e. The van der Waals surface area contributed by atoms with Crippen molar-refractivity contribution in [3.8, 4) is 0 Å². The summed E-state index contributed by atoms with van der Waals surface area (Å²) in [4.78, 5) is 36.7. The molecule has 0 radical (unpaired) electrons. The first-order chi connectivity index (χ1) is 8.45. The van der Waals surface area contributed by atoms with Gasteiger partial charge in [0, 0.05) is 12.8 Å². The summed E-state index contributed by atoms with van der Waals surface area (Å²) in [5, 5.41) is 2.68. The standard InChI is InChI=1S/C9H14N4O4S/c1-13-9(11-6(14)7(15)12-13)18-4-3-5(10)8(16)17-2/h5H,3-4,10H2,1-2H3,(H,12,15). The van der Waals surface area contributed by atoms with Crippen LogP contribution >= 0.6 is 11.8 Å². The average Bonchev–Trinajstić information content (AvgIpc) is 2.34. The zero-order valence-electron chi connectivity index (χ0n) is 10.0. The van der Waals surface area contributed by atoms with Crippen LogP contribution in [-0.2, 0) is 16.6 Å². The third kappa shape index (κ3) is 3.70. The number of nitrogens with two attached hydrogens (primary N) is 1. The summed E-state index contributed by atoms with van der Waals surface area (Å²) < 4.78 is 5.83. The van der Waals surface area contributed by atoms with Crippen molar-refractivity contribution in [2.45, 2.75) is 17.6 Å². The number of methoxy groups -OCH3 is 1. The van der Waals surface area contributed by atoms with E-state index in [1.807, 2.05) is 0 Å². The lowest BCUT2D eigenvalue weighted by Gasteiger charge is -2.09. The van der Waals surface area contributed by atoms with Gasteiger partial charge in [-0.25, -0.2) is 0 Å². The van der Waals surface area contributed by atoms with Crippen LogP contribution in [0.2, 0.25) is 0 Å². The number of carbonyl (C=O) groups excluding carboxylic acids is 1. The minimum atomic E-state index is -0.840. The van der Waals surface area contributed by atoms with E-state index in [0.717, 1.165) is 0 Å². The van der Waals surface area contributed by atoms with Crippen LogP contribution in [0.5, 0.6) is 0 Å². The van der Waals surface area contributed by atoms with Gasteiger partial charge >= 0.3 is 17.1 Å². The van der Waals surface area contributed by atoms with Crippen molar-refractivity contribution in [3.05, 3.63) is 20.7 Å².